The number of halogens is 5. The molecule has 100 valence electrons. The molecule has 1 nitrogen and oxygen atoms in total. The van der Waals surface area contributed by atoms with Crippen molar-refractivity contribution in [2.45, 2.75) is 6.18 Å². The van der Waals surface area contributed by atoms with Gasteiger partial charge in [0.25, 0.3) is 0 Å². The SMILES string of the molecule is Oc1cc(Cl)c(-c2ccc(C(F)(F)F)cc2)cc1Cl. The quantitative estimate of drug-likeness (QED) is 0.749. The Hall–Kier alpha value is -1.39. The summed E-state index contributed by atoms with van der Waals surface area (Å²) < 4.78 is 37.3. The molecule has 0 spiro atoms. The predicted molar refractivity (Wildman–Crippen MR) is 68.6 cm³/mol. The molecule has 2 rings (SSSR count). The van der Waals surface area contributed by atoms with E-state index in [-0.39, 0.29) is 15.8 Å². The lowest BCUT2D eigenvalue weighted by Crippen LogP contribution is -2.03. The number of benzene rings is 2. The van der Waals surface area contributed by atoms with Crippen LogP contribution in [0.1, 0.15) is 5.56 Å². The second-order valence-electron chi connectivity index (χ2n) is 3.86. The van der Waals surface area contributed by atoms with Crippen molar-refractivity contribution < 1.29 is 18.3 Å². The summed E-state index contributed by atoms with van der Waals surface area (Å²) in [5.41, 5.74) is 0.204. The highest BCUT2D eigenvalue weighted by atomic mass is 35.5. The maximum Gasteiger partial charge on any atom is 0.416 e. The van der Waals surface area contributed by atoms with Gasteiger partial charge in [0.15, 0.2) is 0 Å². The molecule has 0 fully saturated rings. The molecule has 0 aliphatic rings. The lowest BCUT2D eigenvalue weighted by molar-refractivity contribution is -0.137. The molecular formula is C13H7Cl2F3O. The fraction of sp³-hybridized carbons (Fsp3) is 0.0769. The molecule has 19 heavy (non-hydrogen) atoms. The van der Waals surface area contributed by atoms with E-state index in [0.29, 0.717) is 11.1 Å². The molecule has 1 N–H and O–H groups in total. The first-order valence-corrected chi connectivity index (χ1v) is 5.90. The third-order valence-corrected chi connectivity index (χ3v) is 3.18. The Kier molecular flexibility index (Phi) is 3.65. The molecule has 6 heteroatoms. The third-order valence-electron chi connectivity index (χ3n) is 2.56. The number of phenolic OH excluding ortho intramolecular Hbond substituents is 1. The van der Waals surface area contributed by atoms with Gasteiger partial charge >= 0.3 is 6.18 Å². The van der Waals surface area contributed by atoms with Gasteiger partial charge in [-0.15, -0.1) is 0 Å². The predicted octanol–water partition coefficient (Wildman–Crippen LogP) is 5.38. The van der Waals surface area contributed by atoms with Crippen molar-refractivity contribution in [2.75, 3.05) is 0 Å². The fourth-order valence-electron chi connectivity index (χ4n) is 1.60. The van der Waals surface area contributed by atoms with Gasteiger partial charge in [0.1, 0.15) is 5.75 Å². The summed E-state index contributed by atoms with van der Waals surface area (Å²) in [4.78, 5) is 0. The van der Waals surface area contributed by atoms with E-state index in [2.05, 4.69) is 0 Å². The molecule has 2 aromatic carbocycles. The smallest absolute Gasteiger partial charge is 0.416 e. The van der Waals surface area contributed by atoms with Crippen LogP contribution in [0.2, 0.25) is 10.0 Å². The van der Waals surface area contributed by atoms with E-state index >= 15 is 0 Å². The first-order chi connectivity index (χ1) is 8.79. The Balaban J connectivity index is 2.46. The fourth-order valence-corrected chi connectivity index (χ4v) is 2.03. The number of hydrogen-bond acceptors (Lipinski definition) is 1. The zero-order valence-electron chi connectivity index (χ0n) is 9.30. The van der Waals surface area contributed by atoms with Crippen LogP contribution in [0.5, 0.6) is 5.75 Å². The maximum absolute atomic E-state index is 12.4. The van der Waals surface area contributed by atoms with Gasteiger partial charge < -0.3 is 5.11 Å². The summed E-state index contributed by atoms with van der Waals surface area (Å²) in [6, 6.07) is 7.19. The van der Waals surface area contributed by atoms with Crippen LogP contribution in [-0.2, 0) is 6.18 Å². The topological polar surface area (TPSA) is 20.2 Å². The molecule has 0 amide bonds. The molecule has 0 saturated heterocycles. The van der Waals surface area contributed by atoms with Crippen molar-refractivity contribution >= 4 is 23.2 Å². The Labute approximate surface area is 117 Å². The molecule has 2 aromatic rings. The Bertz CT molecular complexity index is 607. The highest BCUT2D eigenvalue weighted by Gasteiger charge is 2.30. The van der Waals surface area contributed by atoms with Crippen LogP contribution in [-0.4, -0.2) is 5.11 Å². The second-order valence-corrected chi connectivity index (χ2v) is 4.67. The van der Waals surface area contributed by atoms with Gasteiger partial charge in [0.05, 0.1) is 15.6 Å². The van der Waals surface area contributed by atoms with Crippen LogP contribution in [0.4, 0.5) is 13.2 Å². The van der Waals surface area contributed by atoms with Gasteiger partial charge in [-0.3, -0.25) is 0 Å². The van der Waals surface area contributed by atoms with Gasteiger partial charge in [0, 0.05) is 11.6 Å². The molecule has 0 aliphatic heterocycles. The number of rotatable bonds is 1. The van der Waals surface area contributed by atoms with Crippen molar-refractivity contribution in [2.24, 2.45) is 0 Å². The zero-order valence-corrected chi connectivity index (χ0v) is 10.8. The lowest BCUT2D eigenvalue weighted by Gasteiger charge is -2.09. The molecule has 0 heterocycles. The molecular weight excluding hydrogens is 300 g/mol. The van der Waals surface area contributed by atoms with Gasteiger partial charge in [-0.05, 0) is 23.8 Å². The van der Waals surface area contributed by atoms with Gasteiger partial charge in [-0.2, -0.15) is 13.2 Å². The number of alkyl halides is 3. The average molecular weight is 307 g/mol. The summed E-state index contributed by atoms with van der Waals surface area (Å²) in [6.07, 6.45) is -4.38. The highest BCUT2D eigenvalue weighted by Crippen LogP contribution is 2.37. The van der Waals surface area contributed by atoms with E-state index < -0.39 is 11.7 Å². The molecule has 0 aliphatic carbocycles. The number of hydrogen-bond donors (Lipinski definition) is 1. The number of aromatic hydroxyl groups is 1. The van der Waals surface area contributed by atoms with Crippen molar-refractivity contribution in [3.05, 3.63) is 52.0 Å². The monoisotopic (exact) mass is 306 g/mol. The maximum atomic E-state index is 12.4. The van der Waals surface area contributed by atoms with Crippen LogP contribution >= 0.6 is 23.2 Å². The molecule has 0 atom stereocenters. The van der Waals surface area contributed by atoms with Crippen LogP contribution in [0.15, 0.2) is 36.4 Å². The Morgan fingerprint density at radius 2 is 1.47 bits per heavy atom. The summed E-state index contributed by atoms with van der Waals surface area (Å²) in [7, 11) is 0. The van der Waals surface area contributed by atoms with Crippen molar-refractivity contribution in [3.8, 4) is 16.9 Å². The summed E-state index contributed by atoms with van der Waals surface area (Å²) in [5, 5.41) is 9.65. The minimum Gasteiger partial charge on any atom is -0.506 e. The lowest BCUT2D eigenvalue weighted by atomic mass is 10.0. The van der Waals surface area contributed by atoms with E-state index in [4.69, 9.17) is 23.2 Å². The summed E-state index contributed by atoms with van der Waals surface area (Å²) in [5.74, 6) is -0.178. The second kappa shape index (κ2) is 4.94. The zero-order chi connectivity index (χ0) is 14.2. The first-order valence-electron chi connectivity index (χ1n) is 5.14. The van der Waals surface area contributed by atoms with E-state index in [1.807, 2.05) is 0 Å². The van der Waals surface area contributed by atoms with E-state index in [1.165, 1.54) is 24.3 Å². The normalized spacial score (nSPS) is 11.6. The third kappa shape index (κ3) is 2.96. The summed E-state index contributed by atoms with van der Waals surface area (Å²) in [6.45, 7) is 0. The van der Waals surface area contributed by atoms with Crippen molar-refractivity contribution in [1.82, 2.24) is 0 Å². The van der Waals surface area contributed by atoms with Crippen LogP contribution in [0.3, 0.4) is 0 Å². The van der Waals surface area contributed by atoms with Gasteiger partial charge in [0.2, 0.25) is 0 Å². The Morgan fingerprint density at radius 3 is 2.00 bits per heavy atom. The molecule has 0 saturated carbocycles. The van der Waals surface area contributed by atoms with Gasteiger partial charge in [-0.25, -0.2) is 0 Å². The molecule has 0 bridgehead atoms. The molecule has 0 aromatic heterocycles. The van der Waals surface area contributed by atoms with E-state index in [9.17, 15) is 18.3 Å². The number of phenols is 1. The highest BCUT2D eigenvalue weighted by molar-refractivity contribution is 6.36. The van der Waals surface area contributed by atoms with Crippen molar-refractivity contribution in [3.63, 3.8) is 0 Å². The molecule has 0 unspecified atom stereocenters. The van der Waals surface area contributed by atoms with Gasteiger partial charge in [-0.1, -0.05) is 35.3 Å². The van der Waals surface area contributed by atoms with Crippen LogP contribution in [0, 0.1) is 0 Å². The first kappa shape index (κ1) is 14.0. The summed E-state index contributed by atoms with van der Waals surface area (Å²) >= 11 is 11.7. The van der Waals surface area contributed by atoms with Crippen molar-refractivity contribution in [1.29, 1.82) is 0 Å². The van der Waals surface area contributed by atoms with Crippen LogP contribution < -0.4 is 0 Å². The minimum absolute atomic E-state index is 0.0827. The largest absolute Gasteiger partial charge is 0.506 e. The average Bonchev–Trinajstić information content (AvgIpc) is 2.33. The van der Waals surface area contributed by atoms with Crippen LogP contribution in [0.25, 0.3) is 11.1 Å². The Morgan fingerprint density at radius 1 is 0.895 bits per heavy atom. The van der Waals surface area contributed by atoms with E-state index in [1.54, 1.807) is 0 Å². The van der Waals surface area contributed by atoms with E-state index in [0.717, 1.165) is 12.1 Å². The molecule has 0 radical (unpaired) electrons. The minimum atomic E-state index is -4.38. The standard InChI is InChI=1S/C13H7Cl2F3O/c14-10-6-12(19)11(15)5-9(10)7-1-3-8(4-2-7)13(16,17)18/h1-6,19H.